The van der Waals surface area contributed by atoms with E-state index in [-0.39, 0.29) is 11.4 Å². The van der Waals surface area contributed by atoms with Crippen LogP contribution in [0.3, 0.4) is 0 Å². The molecule has 2 heterocycles. The van der Waals surface area contributed by atoms with Crippen molar-refractivity contribution in [1.82, 2.24) is 15.6 Å². The summed E-state index contributed by atoms with van der Waals surface area (Å²) in [7, 11) is -1.68. The van der Waals surface area contributed by atoms with Gasteiger partial charge in [0.1, 0.15) is 5.76 Å². The highest BCUT2D eigenvalue weighted by atomic mass is 32.2. The molecule has 7 nitrogen and oxygen atoms in total. The fourth-order valence-electron chi connectivity index (χ4n) is 1.87. The number of aliphatic imine (C=N–C) groups is 1. The van der Waals surface area contributed by atoms with E-state index in [1.165, 1.54) is 0 Å². The minimum atomic E-state index is -3.31. The molecule has 0 aliphatic rings. The van der Waals surface area contributed by atoms with Crippen LogP contribution in [-0.2, 0) is 22.9 Å². The van der Waals surface area contributed by atoms with Crippen molar-refractivity contribution in [2.24, 2.45) is 4.99 Å². The smallest absolute Gasteiger partial charge is 0.191 e. The molecule has 2 rings (SSSR count). The number of nitrogens with zero attached hydrogens (tertiary/aromatic N) is 2. The summed E-state index contributed by atoms with van der Waals surface area (Å²) in [4.78, 5) is 8.40. The molecule has 2 aromatic heterocycles. The van der Waals surface area contributed by atoms with Crippen molar-refractivity contribution in [3.8, 4) is 0 Å². The lowest BCUT2D eigenvalue weighted by Gasteiger charge is -2.12. The lowest BCUT2D eigenvalue weighted by atomic mass is 10.3. The van der Waals surface area contributed by atoms with Gasteiger partial charge in [-0.05, 0) is 24.3 Å². The third-order valence-corrected chi connectivity index (χ3v) is 4.08. The van der Waals surface area contributed by atoms with Crippen molar-refractivity contribution in [3.63, 3.8) is 0 Å². The highest BCUT2D eigenvalue weighted by Gasteiger charge is 2.14. The first-order chi connectivity index (χ1) is 10.5. The normalized spacial score (nSPS) is 12.2. The summed E-state index contributed by atoms with van der Waals surface area (Å²) in [6.45, 7) is 0.731. The Labute approximate surface area is 129 Å². The summed E-state index contributed by atoms with van der Waals surface area (Å²) in [5.41, 5.74) is 0.450. The predicted octanol–water partition coefficient (Wildman–Crippen LogP) is 0.943. The Balaban J connectivity index is 1.99. The van der Waals surface area contributed by atoms with Crippen LogP contribution in [0.1, 0.15) is 11.5 Å². The number of hydrogen-bond acceptors (Lipinski definition) is 5. The molecule has 2 aromatic rings. The highest BCUT2D eigenvalue weighted by molar-refractivity contribution is 7.90. The largest absolute Gasteiger partial charge is 0.467 e. The van der Waals surface area contributed by atoms with Gasteiger partial charge in [0, 0.05) is 19.5 Å². The van der Waals surface area contributed by atoms with Gasteiger partial charge < -0.3 is 15.1 Å². The third-order valence-electron chi connectivity index (χ3n) is 2.90. The van der Waals surface area contributed by atoms with Crippen LogP contribution < -0.4 is 10.6 Å². The van der Waals surface area contributed by atoms with Crippen molar-refractivity contribution in [2.75, 3.05) is 13.3 Å². The molecule has 8 heteroatoms. The molecule has 0 aliphatic heterocycles. The number of guanidine groups is 1. The summed E-state index contributed by atoms with van der Waals surface area (Å²) in [5, 5.41) is 6.10. The van der Waals surface area contributed by atoms with Crippen molar-refractivity contribution in [1.29, 1.82) is 0 Å². The van der Waals surface area contributed by atoms with E-state index in [4.69, 9.17) is 4.42 Å². The van der Waals surface area contributed by atoms with Crippen LogP contribution in [0.15, 0.2) is 51.0 Å². The second kappa shape index (κ2) is 7.08. The molecule has 2 N–H and O–H groups in total. The molecule has 22 heavy (non-hydrogen) atoms. The molecule has 0 aliphatic carbocycles. The maximum Gasteiger partial charge on any atom is 0.191 e. The van der Waals surface area contributed by atoms with E-state index in [2.05, 4.69) is 20.6 Å². The van der Waals surface area contributed by atoms with Gasteiger partial charge in [-0.1, -0.05) is 0 Å². The van der Waals surface area contributed by atoms with Gasteiger partial charge >= 0.3 is 0 Å². The van der Waals surface area contributed by atoms with Gasteiger partial charge in [0.15, 0.2) is 15.8 Å². The van der Waals surface area contributed by atoms with E-state index in [1.807, 2.05) is 6.07 Å². The monoisotopic (exact) mass is 322 g/mol. The maximum absolute atomic E-state index is 11.7. The number of aromatic nitrogens is 1. The zero-order valence-corrected chi connectivity index (χ0v) is 13.2. The minimum absolute atomic E-state index is 0.212. The number of nitrogens with one attached hydrogen (secondary N) is 2. The van der Waals surface area contributed by atoms with Crippen LogP contribution in [0, 0.1) is 0 Å². The van der Waals surface area contributed by atoms with Crippen LogP contribution >= 0.6 is 0 Å². The molecule has 0 bridgehead atoms. The number of pyridine rings is 1. The molecule has 0 aromatic carbocycles. The SMILES string of the molecule is CN=C(NCc1ccco1)NCc1ncccc1S(C)(=O)=O. The second-order valence-corrected chi connectivity index (χ2v) is 6.56. The summed E-state index contributed by atoms with van der Waals surface area (Å²) in [5.74, 6) is 1.30. The Bertz CT molecular complexity index is 739. The van der Waals surface area contributed by atoms with Gasteiger partial charge in [0.05, 0.1) is 29.9 Å². The average molecular weight is 322 g/mol. The Morgan fingerprint density at radius 2 is 2.05 bits per heavy atom. The van der Waals surface area contributed by atoms with Crippen LogP contribution in [0.5, 0.6) is 0 Å². The van der Waals surface area contributed by atoms with Crippen LogP contribution in [-0.4, -0.2) is 32.7 Å². The van der Waals surface area contributed by atoms with E-state index in [0.717, 1.165) is 12.0 Å². The number of rotatable bonds is 5. The minimum Gasteiger partial charge on any atom is -0.467 e. The number of furan rings is 1. The average Bonchev–Trinajstić information content (AvgIpc) is 3.00. The first-order valence-corrected chi connectivity index (χ1v) is 8.50. The van der Waals surface area contributed by atoms with Gasteiger partial charge in [-0.25, -0.2) is 8.42 Å². The van der Waals surface area contributed by atoms with E-state index < -0.39 is 9.84 Å². The van der Waals surface area contributed by atoms with Crippen LogP contribution in [0.4, 0.5) is 0 Å². The summed E-state index contributed by atoms with van der Waals surface area (Å²) < 4.78 is 28.7. The molecular formula is C14H18N4O3S. The van der Waals surface area contributed by atoms with Crippen molar-refractivity contribution in [3.05, 3.63) is 48.2 Å². The van der Waals surface area contributed by atoms with Gasteiger partial charge in [-0.15, -0.1) is 0 Å². The summed E-state index contributed by atoms with van der Waals surface area (Å²) in [6, 6.07) is 6.79. The van der Waals surface area contributed by atoms with Gasteiger partial charge in [0.25, 0.3) is 0 Å². The molecule has 0 spiro atoms. The molecule has 0 amide bonds. The lowest BCUT2D eigenvalue weighted by molar-refractivity contribution is 0.501. The predicted molar refractivity (Wildman–Crippen MR) is 83.1 cm³/mol. The van der Waals surface area contributed by atoms with Crippen LogP contribution in [0.25, 0.3) is 0 Å². The maximum atomic E-state index is 11.7. The lowest BCUT2D eigenvalue weighted by Crippen LogP contribution is -2.36. The van der Waals surface area contributed by atoms with Crippen molar-refractivity contribution >= 4 is 15.8 Å². The van der Waals surface area contributed by atoms with E-state index in [0.29, 0.717) is 18.2 Å². The fraction of sp³-hybridized carbons (Fsp3) is 0.286. The second-order valence-electron chi connectivity index (χ2n) is 4.58. The first kappa shape index (κ1) is 16.0. The third kappa shape index (κ3) is 4.32. The van der Waals surface area contributed by atoms with Crippen molar-refractivity contribution < 1.29 is 12.8 Å². The zero-order chi connectivity index (χ0) is 16.0. The first-order valence-electron chi connectivity index (χ1n) is 6.61. The quantitative estimate of drug-likeness (QED) is 0.628. The molecular weight excluding hydrogens is 304 g/mol. The molecule has 0 fully saturated rings. The molecule has 0 saturated heterocycles. The van der Waals surface area contributed by atoms with Gasteiger partial charge in [0.2, 0.25) is 0 Å². The van der Waals surface area contributed by atoms with Gasteiger partial charge in [-0.3, -0.25) is 9.98 Å². The Hall–Kier alpha value is -2.35. The Morgan fingerprint density at radius 1 is 1.27 bits per heavy atom. The number of sulfone groups is 1. The highest BCUT2D eigenvalue weighted by Crippen LogP contribution is 2.12. The summed E-state index contributed by atoms with van der Waals surface area (Å²) in [6.07, 6.45) is 4.32. The zero-order valence-electron chi connectivity index (χ0n) is 12.4. The number of hydrogen-bond donors (Lipinski definition) is 2. The van der Waals surface area contributed by atoms with Crippen LogP contribution in [0.2, 0.25) is 0 Å². The Kier molecular flexibility index (Phi) is 5.16. The Morgan fingerprint density at radius 3 is 2.68 bits per heavy atom. The topological polar surface area (TPSA) is 96.6 Å². The van der Waals surface area contributed by atoms with Crippen molar-refractivity contribution in [2.45, 2.75) is 18.0 Å². The van der Waals surface area contributed by atoms with E-state index in [1.54, 1.807) is 37.7 Å². The fourth-order valence-corrected chi connectivity index (χ4v) is 2.74. The summed E-state index contributed by atoms with van der Waals surface area (Å²) >= 11 is 0. The molecule has 0 unspecified atom stereocenters. The van der Waals surface area contributed by atoms with Gasteiger partial charge in [-0.2, -0.15) is 0 Å². The molecule has 0 saturated carbocycles. The molecule has 0 radical (unpaired) electrons. The molecule has 0 atom stereocenters. The molecule has 118 valence electrons. The standard InChI is InChI=1S/C14H18N4O3S/c1-15-14(17-9-11-5-4-8-21-11)18-10-12-13(22(2,19)20)6-3-7-16-12/h3-8H,9-10H2,1-2H3,(H2,15,17,18). The van der Waals surface area contributed by atoms with E-state index in [9.17, 15) is 8.42 Å². The van der Waals surface area contributed by atoms with E-state index >= 15 is 0 Å².